The largest absolute Gasteiger partial charge is 0.456 e. The molecule has 8 aromatic carbocycles. The van der Waals surface area contributed by atoms with Crippen LogP contribution in [0.3, 0.4) is 0 Å². The van der Waals surface area contributed by atoms with E-state index in [1.807, 2.05) is 42.5 Å². The van der Waals surface area contributed by atoms with Crippen LogP contribution in [0.4, 0.5) is 0 Å². The monoisotopic (exact) mass is 691 g/mol. The van der Waals surface area contributed by atoms with Crippen LogP contribution in [-0.2, 0) is 0 Å². The van der Waals surface area contributed by atoms with Gasteiger partial charge in [0.25, 0.3) is 0 Å². The lowest BCUT2D eigenvalue weighted by atomic mass is 9.97. The molecular weight excluding hydrogens is 663 g/mol. The Morgan fingerprint density at radius 1 is 0.296 bits per heavy atom. The van der Waals surface area contributed by atoms with Gasteiger partial charge in [-0.2, -0.15) is 0 Å². The minimum atomic E-state index is 0.561. The standard InChI is InChI=1S/C49H29N3O2/c1-3-12-30(13-4-1)32-22-24-33(25-23-32)47-50-48(38-19-11-21-42-45(38)37-18-9-10-20-41(37)53-42)52-49(51-47)40-27-36(31-14-5-2-6-15-31)29-44-46(40)39-26-34-16-7-8-17-35(34)28-43(39)54-44/h1-29H. The summed E-state index contributed by atoms with van der Waals surface area (Å²) in [4.78, 5) is 15.8. The molecule has 5 nitrogen and oxygen atoms in total. The highest BCUT2D eigenvalue weighted by Crippen LogP contribution is 2.42. The van der Waals surface area contributed by atoms with E-state index in [0.29, 0.717) is 17.5 Å². The summed E-state index contributed by atoms with van der Waals surface area (Å²) in [6.07, 6.45) is 0. The van der Waals surface area contributed by atoms with Crippen LogP contribution < -0.4 is 0 Å². The second-order valence-electron chi connectivity index (χ2n) is 13.6. The first-order valence-corrected chi connectivity index (χ1v) is 18.0. The molecule has 0 amide bonds. The molecule has 0 saturated carbocycles. The zero-order chi connectivity index (χ0) is 35.6. The predicted molar refractivity (Wildman–Crippen MR) is 219 cm³/mol. The molecule has 11 aromatic rings. The summed E-state index contributed by atoms with van der Waals surface area (Å²) in [6, 6.07) is 60.4. The van der Waals surface area contributed by atoms with Gasteiger partial charge in [-0.1, -0.05) is 140 Å². The lowest BCUT2D eigenvalue weighted by Crippen LogP contribution is -2.01. The molecule has 3 aromatic heterocycles. The van der Waals surface area contributed by atoms with Gasteiger partial charge in [-0.3, -0.25) is 0 Å². The fourth-order valence-corrected chi connectivity index (χ4v) is 7.71. The molecule has 0 radical (unpaired) electrons. The molecule has 3 heterocycles. The number of fused-ring (bicyclic) bond motifs is 7. The van der Waals surface area contributed by atoms with Gasteiger partial charge in [-0.05, 0) is 69.4 Å². The van der Waals surface area contributed by atoms with Crippen LogP contribution in [0.1, 0.15) is 0 Å². The van der Waals surface area contributed by atoms with Crippen LogP contribution >= 0.6 is 0 Å². The number of hydrogen-bond acceptors (Lipinski definition) is 5. The topological polar surface area (TPSA) is 65.0 Å². The number of rotatable bonds is 5. The zero-order valence-corrected chi connectivity index (χ0v) is 28.9. The molecule has 0 N–H and O–H groups in total. The molecule has 0 atom stereocenters. The van der Waals surface area contributed by atoms with Crippen LogP contribution in [0.15, 0.2) is 185 Å². The lowest BCUT2D eigenvalue weighted by Gasteiger charge is -2.12. The van der Waals surface area contributed by atoms with Crippen LogP contribution in [0.2, 0.25) is 0 Å². The molecule has 0 spiro atoms. The Labute approximate surface area is 309 Å². The molecule has 0 fully saturated rings. The summed E-state index contributed by atoms with van der Waals surface area (Å²) in [6.45, 7) is 0. The third-order valence-electron chi connectivity index (χ3n) is 10.3. The number of hydrogen-bond donors (Lipinski definition) is 0. The molecule has 0 bridgehead atoms. The van der Waals surface area contributed by atoms with Gasteiger partial charge in [0.1, 0.15) is 22.3 Å². The summed E-state index contributed by atoms with van der Waals surface area (Å²) in [5, 5.41) is 6.22. The van der Waals surface area contributed by atoms with E-state index < -0.39 is 0 Å². The summed E-state index contributed by atoms with van der Waals surface area (Å²) < 4.78 is 13.0. The second kappa shape index (κ2) is 12.1. The lowest BCUT2D eigenvalue weighted by molar-refractivity contribution is 0.669. The van der Waals surface area contributed by atoms with Crippen molar-refractivity contribution in [2.24, 2.45) is 0 Å². The van der Waals surface area contributed by atoms with Crippen LogP contribution in [0, 0.1) is 0 Å². The smallest absolute Gasteiger partial charge is 0.164 e. The Morgan fingerprint density at radius 3 is 1.63 bits per heavy atom. The first kappa shape index (κ1) is 30.3. The maximum absolute atomic E-state index is 6.68. The average molecular weight is 692 g/mol. The highest BCUT2D eigenvalue weighted by Gasteiger charge is 2.22. The Morgan fingerprint density at radius 2 is 0.852 bits per heavy atom. The van der Waals surface area contributed by atoms with Gasteiger partial charge in [-0.25, -0.2) is 15.0 Å². The first-order valence-electron chi connectivity index (χ1n) is 18.0. The quantitative estimate of drug-likeness (QED) is 0.180. The molecule has 0 saturated heterocycles. The molecular formula is C49H29N3O2. The number of benzene rings is 8. The Hall–Kier alpha value is -7.37. The van der Waals surface area contributed by atoms with Gasteiger partial charge in [0.15, 0.2) is 17.5 Å². The van der Waals surface area contributed by atoms with Gasteiger partial charge in [0.05, 0.1) is 0 Å². The normalized spacial score (nSPS) is 11.7. The van der Waals surface area contributed by atoms with Crippen molar-refractivity contribution in [3.05, 3.63) is 176 Å². The van der Waals surface area contributed by atoms with Crippen LogP contribution in [0.25, 0.3) is 111 Å². The molecule has 11 rings (SSSR count). The van der Waals surface area contributed by atoms with Crippen molar-refractivity contribution in [3.8, 4) is 56.4 Å². The van der Waals surface area contributed by atoms with Gasteiger partial charge in [-0.15, -0.1) is 0 Å². The van der Waals surface area contributed by atoms with Crippen molar-refractivity contribution < 1.29 is 8.83 Å². The maximum atomic E-state index is 6.68. The van der Waals surface area contributed by atoms with Crippen molar-refractivity contribution >= 4 is 54.6 Å². The Kier molecular flexibility index (Phi) is 6.79. The Bertz CT molecular complexity index is 3200. The second-order valence-corrected chi connectivity index (χ2v) is 13.6. The van der Waals surface area contributed by atoms with E-state index >= 15 is 0 Å². The fourth-order valence-electron chi connectivity index (χ4n) is 7.71. The van der Waals surface area contributed by atoms with Crippen LogP contribution in [-0.4, -0.2) is 15.0 Å². The molecule has 54 heavy (non-hydrogen) atoms. The zero-order valence-electron chi connectivity index (χ0n) is 28.9. The number of aromatic nitrogens is 3. The van der Waals surface area contributed by atoms with Crippen molar-refractivity contribution in [1.82, 2.24) is 15.0 Å². The van der Waals surface area contributed by atoms with E-state index in [1.54, 1.807) is 0 Å². The van der Waals surface area contributed by atoms with Crippen LogP contribution in [0.5, 0.6) is 0 Å². The minimum Gasteiger partial charge on any atom is -0.456 e. The van der Waals surface area contributed by atoms with E-state index in [4.69, 9.17) is 23.8 Å². The predicted octanol–water partition coefficient (Wildman–Crippen LogP) is 13.2. The first-order chi connectivity index (χ1) is 26.7. The van der Waals surface area contributed by atoms with E-state index in [-0.39, 0.29) is 0 Å². The highest BCUT2D eigenvalue weighted by molar-refractivity contribution is 6.16. The molecule has 252 valence electrons. The van der Waals surface area contributed by atoms with E-state index in [9.17, 15) is 0 Å². The third kappa shape index (κ3) is 4.98. The SMILES string of the molecule is c1ccc(-c2ccc(-c3nc(-c4cccc5oc6ccccc6c45)nc(-c4cc(-c5ccccc5)cc5oc6cc7ccccc7cc6c45)n3)cc2)cc1. The molecule has 0 aliphatic rings. The van der Waals surface area contributed by atoms with Crippen molar-refractivity contribution in [3.63, 3.8) is 0 Å². The van der Waals surface area contributed by atoms with Gasteiger partial charge >= 0.3 is 0 Å². The summed E-state index contributed by atoms with van der Waals surface area (Å²) in [5.74, 6) is 1.71. The highest BCUT2D eigenvalue weighted by atomic mass is 16.3. The fraction of sp³-hybridized carbons (Fsp3) is 0. The van der Waals surface area contributed by atoms with Crippen molar-refractivity contribution in [2.45, 2.75) is 0 Å². The van der Waals surface area contributed by atoms with Gasteiger partial charge in [0.2, 0.25) is 0 Å². The van der Waals surface area contributed by atoms with E-state index in [0.717, 1.165) is 93.6 Å². The van der Waals surface area contributed by atoms with Gasteiger partial charge < -0.3 is 8.83 Å². The van der Waals surface area contributed by atoms with E-state index in [2.05, 4.69) is 133 Å². The summed E-state index contributed by atoms with van der Waals surface area (Å²) >= 11 is 0. The molecule has 5 heteroatoms. The maximum Gasteiger partial charge on any atom is 0.164 e. The molecule has 0 aliphatic heterocycles. The van der Waals surface area contributed by atoms with Crippen molar-refractivity contribution in [2.75, 3.05) is 0 Å². The van der Waals surface area contributed by atoms with Gasteiger partial charge in [0, 0.05) is 38.2 Å². The summed E-state index contributed by atoms with van der Waals surface area (Å²) in [7, 11) is 0. The number of nitrogens with zero attached hydrogens (tertiary/aromatic N) is 3. The average Bonchev–Trinajstić information content (AvgIpc) is 3.81. The van der Waals surface area contributed by atoms with Crippen molar-refractivity contribution in [1.29, 1.82) is 0 Å². The van der Waals surface area contributed by atoms with E-state index in [1.165, 1.54) is 0 Å². The number of furan rings is 2. The third-order valence-corrected chi connectivity index (χ3v) is 10.3. The minimum absolute atomic E-state index is 0.561. The molecule has 0 aliphatic carbocycles. The molecule has 0 unspecified atom stereocenters. The Balaban J connectivity index is 1.21. The number of para-hydroxylation sites is 1. The summed E-state index contributed by atoms with van der Waals surface area (Å²) in [5.41, 5.74) is 10.2.